The van der Waals surface area contributed by atoms with Gasteiger partial charge in [0.25, 0.3) is 10.0 Å². The molecule has 0 aromatic carbocycles. The Labute approximate surface area is 108 Å². The van der Waals surface area contributed by atoms with Crippen molar-refractivity contribution in [3.05, 3.63) is 12.0 Å². The molecule has 0 saturated carbocycles. The Balaban J connectivity index is 2.26. The number of nitrogens with one attached hydrogen (secondary N) is 1. The molecule has 2 atom stereocenters. The van der Waals surface area contributed by atoms with E-state index in [4.69, 9.17) is 0 Å². The molecule has 0 radical (unpaired) electrons. The van der Waals surface area contributed by atoms with E-state index < -0.39 is 10.0 Å². The van der Waals surface area contributed by atoms with Gasteiger partial charge in [-0.2, -0.15) is 4.31 Å². The molecule has 1 N–H and O–H groups in total. The van der Waals surface area contributed by atoms with Crippen LogP contribution in [0.2, 0.25) is 0 Å². The first kappa shape index (κ1) is 13.5. The van der Waals surface area contributed by atoms with Crippen molar-refractivity contribution < 1.29 is 8.42 Å². The molecule has 1 aromatic heterocycles. The van der Waals surface area contributed by atoms with E-state index in [0.717, 1.165) is 0 Å². The Morgan fingerprint density at radius 2 is 1.89 bits per heavy atom. The first-order valence-electron chi connectivity index (χ1n) is 6.06. The fraction of sp³-hybridized carbons (Fsp3) is 0.727. The average Bonchev–Trinajstić information content (AvgIpc) is 2.72. The third-order valence-corrected chi connectivity index (χ3v) is 5.36. The van der Waals surface area contributed by atoms with Crippen molar-refractivity contribution in [3.63, 3.8) is 0 Å². The van der Waals surface area contributed by atoms with Gasteiger partial charge in [0.15, 0.2) is 5.03 Å². The molecule has 1 aromatic rings. The van der Waals surface area contributed by atoms with Gasteiger partial charge in [-0.3, -0.25) is 4.90 Å². The van der Waals surface area contributed by atoms with Crippen molar-refractivity contribution in [1.82, 2.24) is 19.2 Å². The van der Waals surface area contributed by atoms with Crippen molar-refractivity contribution in [3.8, 4) is 0 Å². The lowest BCUT2D eigenvalue weighted by Crippen LogP contribution is -2.56. The van der Waals surface area contributed by atoms with Gasteiger partial charge < -0.3 is 4.98 Å². The van der Waals surface area contributed by atoms with Crippen LogP contribution in [0.4, 0.5) is 0 Å². The van der Waals surface area contributed by atoms with E-state index in [1.54, 1.807) is 6.92 Å². The number of nitrogens with zero attached hydrogens (tertiary/aromatic N) is 3. The van der Waals surface area contributed by atoms with E-state index >= 15 is 0 Å². The van der Waals surface area contributed by atoms with Crippen molar-refractivity contribution in [2.24, 2.45) is 0 Å². The Morgan fingerprint density at radius 3 is 2.33 bits per heavy atom. The number of aromatic nitrogens is 2. The summed E-state index contributed by atoms with van der Waals surface area (Å²) in [7, 11) is -1.41. The number of rotatable bonds is 2. The van der Waals surface area contributed by atoms with Crippen LogP contribution in [0, 0.1) is 6.92 Å². The summed E-state index contributed by atoms with van der Waals surface area (Å²) >= 11 is 0. The van der Waals surface area contributed by atoms with E-state index in [-0.39, 0.29) is 17.1 Å². The molecule has 1 aliphatic heterocycles. The Hall–Kier alpha value is -0.920. The summed E-state index contributed by atoms with van der Waals surface area (Å²) in [5.74, 6) is 0.615. The third kappa shape index (κ3) is 2.30. The Morgan fingerprint density at radius 1 is 1.33 bits per heavy atom. The highest BCUT2D eigenvalue weighted by Crippen LogP contribution is 2.20. The second-order valence-electron chi connectivity index (χ2n) is 5.02. The van der Waals surface area contributed by atoms with E-state index in [0.29, 0.717) is 18.9 Å². The zero-order chi connectivity index (χ0) is 13.5. The quantitative estimate of drug-likeness (QED) is 0.847. The van der Waals surface area contributed by atoms with Crippen LogP contribution in [0.3, 0.4) is 0 Å². The van der Waals surface area contributed by atoms with Gasteiger partial charge in [0, 0.05) is 25.2 Å². The van der Waals surface area contributed by atoms with Crippen LogP contribution >= 0.6 is 0 Å². The van der Waals surface area contributed by atoms with Gasteiger partial charge in [0.1, 0.15) is 5.82 Å². The molecule has 2 heterocycles. The lowest BCUT2D eigenvalue weighted by molar-refractivity contribution is 0.105. The van der Waals surface area contributed by atoms with Crippen LogP contribution in [-0.4, -0.2) is 59.8 Å². The van der Waals surface area contributed by atoms with Gasteiger partial charge in [-0.1, -0.05) is 0 Å². The molecule has 2 unspecified atom stereocenters. The fourth-order valence-corrected chi connectivity index (χ4v) is 3.79. The van der Waals surface area contributed by atoms with Crippen molar-refractivity contribution >= 4 is 10.0 Å². The maximum Gasteiger partial charge on any atom is 0.260 e. The molecule has 1 fully saturated rings. The number of piperazine rings is 1. The molecule has 1 aliphatic rings. The zero-order valence-electron chi connectivity index (χ0n) is 11.2. The first-order valence-corrected chi connectivity index (χ1v) is 7.50. The number of aromatic amines is 1. The second-order valence-corrected chi connectivity index (χ2v) is 6.92. The lowest BCUT2D eigenvalue weighted by Gasteiger charge is -2.41. The fourth-order valence-electron chi connectivity index (χ4n) is 2.22. The number of hydrogen-bond donors (Lipinski definition) is 1. The van der Waals surface area contributed by atoms with E-state index in [1.807, 2.05) is 20.9 Å². The SMILES string of the molecule is Cc1ncc(S(=O)(=O)N2CC(C)N(C)C(C)C2)[nH]1. The summed E-state index contributed by atoms with van der Waals surface area (Å²) in [6.45, 7) is 6.85. The summed E-state index contributed by atoms with van der Waals surface area (Å²) in [5.41, 5.74) is 0. The largest absolute Gasteiger partial charge is 0.332 e. The second kappa shape index (κ2) is 4.64. The van der Waals surface area contributed by atoms with Crippen molar-refractivity contribution in [1.29, 1.82) is 0 Å². The number of sulfonamides is 1. The van der Waals surface area contributed by atoms with Crippen LogP contribution in [0.5, 0.6) is 0 Å². The monoisotopic (exact) mass is 272 g/mol. The summed E-state index contributed by atoms with van der Waals surface area (Å²) in [6, 6.07) is 0.431. The molecule has 2 rings (SSSR count). The highest BCUT2D eigenvalue weighted by atomic mass is 32.2. The normalized spacial score (nSPS) is 27.6. The first-order chi connectivity index (χ1) is 8.32. The van der Waals surface area contributed by atoms with Crippen molar-refractivity contribution in [2.75, 3.05) is 20.1 Å². The van der Waals surface area contributed by atoms with Gasteiger partial charge in [-0.15, -0.1) is 0 Å². The van der Waals surface area contributed by atoms with Crippen LogP contribution in [0.25, 0.3) is 0 Å². The predicted octanol–water partition coefficient (Wildman–Crippen LogP) is 0.431. The molecular formula is C11H20N4O2S. The summed E-state index contributed by atoms with van der Waals surface area (Å²) in [6.07, 6.45) is 1.39. The predicted molar refractivity (Wildman–Crippen MR) is 68.8 cm³/mol. The molecule has 0 aliphatic carbocycles. The summed E-state index contributed by atoms with van der Waals surface area (Å²) < 4.78 is 26.4. The minimum Gasteiger partial charge on any atom is -0.332 e. The zero-order valence-corrected chi connectivity index (χ0v) is 12.0. The van der Waals surface area contributed by atoms with Crippen LogP contribution in [0.15, 0.2) is 11.2 Å². The Bertz CT molecular complexity index is 513. The van der Waals surface area contributed by atoms with Gasteiger partial charge in [-0.25, -0.2) is 13.4 Å². The third-order valence-electron chi connectivity index (χ3n) is 3.62. The molecule has 0 amide bonds. The van der Waals surface area contributed by atoms with Gasteiger partial charge in [0.2, 0.25) is 0 Å². The molecule has 6 nitrogen and oxygen atoms in total. The maximum absolute atomic E-state index is 12.4. The van der Waals surface area contributed by atoms with E-state index in [2.05, 4.69) is 14.9 Å². The van der Waals surface area contributed by atoms with Gasteiger partial charge >= 0.3 is 0 Å². The highest BCUT2D eigenvalue weighted by Gasteiger charge is 2.35. The number of aryl methyl sites for hydroxylation is 1. The van der Waals surface area contributed by atoms with Gasteiger partial charge in [-0.05, 0) is 27.8 Å². The van der Waals surface area contributed by atoms with Crippen LogP contribution in [-0.2, 0) is 10.0 Å². The van der Waals surface area contributed by atoms with Crippen LogP contribution in [0.1, 0.15) is 19.7 Å². The van der Waals surface area contributed by atoms with E-state index in [9.17, 15) is 8.42 Å². The number of hydrogen-bond acceptors (Lipinski definition) is 4. The lowest BCUT2D eigenvalue weighted by atomic mass is 10.1. The molecule has 0 bridgehead atoms. The topological polar surface area (TPSA) is 69.3 Å². The molecule has 0 spiro atoms. The minimum atomic E-state index is -3.44. The number of imidazole rings is 1. The minimum absolute atomic E-state index is 0.184. The molecule has 7 heteroatoms. The average molecular weight is 272 g/mol. The summed E-state index contributed by atoms with van der Waals surface area (Å²) in [5, 5.41) is 0.184. The van der Waals surface area contributed by atoms with Gasteiger partial charge in [0.05, 0.1) is 6.20 Å². The molecule has 1 saturated heterocycles. The smallest absolute Gasteiger partial charge is 0.260 e. The molecular weight excluding hydrogens is 252 g/mol. The van der Waals surface area contributed by atoms with Crippen molar-refractivity contribution in [2.45, 2.75) is 37.9 Å². The molecule has 18 heavy (non-hydrogen) atoms. The van der Waals surface area contributed by atoms with E-state index in [1.165, 1.54) is 10.5 Å². The molecule has 102 valence electrons. The number of H-pyrrole nitrogens is 1. The number of likely N-dealkylation sites (N-methyl/N-ethyl adjacent to an activating group) is 1. The standard InChI is InChI=1S/C11H20N4O2S/c1-8-6-15(7-9(2)14(8)4)18(16,17)11-5-12-10(3)13-11/h5,8-9H,6-7H2,1-4H3,(H,12,13). The summed E-state index contributed by atoms with van der Waals surface area (Å²) in [4.78, 5) is 8.96. The maximum atomic E-state index is 12.4. The highest BCUT2D eigenvalue weighted by molar-refractivity contribution is 7.89. The van der Waals surface area contributed by atoms with Crippen LogP contribution < -0.4 is 0 Å². The Kier molecular flexibility index (Phi) is 3.48.